The molecule has 124 valence electrons. The Kier molecular flexibility index (Phi) is 5.14. The van der Waals surface area contributed by atoms with Crippen molar-refractivity contribution in [2.24, 2.45) is 5.92 Å². The number of rotatable bonds is 5. The van der Waals surface area contributed by atoms with Crippen molar-refractivity contribution in [3.05, 3.63) is 72.3 Å². The van der Waals surface area contributed by atoms with E-state index in [1.54, 1.807) is 12.1 Å². The molecule has 0 saturated heterocycles. The van der Waals surface area contributed by atoms with Gasteiger partial charge in [0.25, 0.3) is 0 Å². The first-order valence-corrected chi connectivity index (χ1v) is 8.72. The van der Waals surface area contributed by atoms with Gasteiger partial charge in [0.05, 0.1) is 5.56 Å². The zero-order valence-corrected chi connectivity index (χ0v) is 13.9. The number of allylic oxidation sites excluding steroid dienone is 1. The molecule has 1 aliphatic carbocycles. The fraction of sp³-hybridized carbons (Fsp3) is 0.318. The van der Waals surface area contributed by atoms with Crippen LogP contribution in [-0.2, 0) is 0 Å². The van der Waals surface area contributed by atoms with Crippen LogP contribution >= 0.6 is 0 Å². The Balaban J connectivity index is 1.75. The van der Waals surface area contributed by atoms with E-state index >= 15 is 0 Å². The quantitative estimate of drug-likeness (QED) is 0.696. The summed E-state index contributed by atoms with van der Waals surface area (Å²) in [6.07, 6.45) is 8.21. The summed E-state index contributed by atoms with van der Waals surface area (Å²) in [5, 5.41) is 9.35. The van der Waals surface area contributed by atoms with E-state index < -0.39 is 5.97 Å². The van der Waals surface area contributed by atoms with Gasteiger partial charge in [-0.2, -0.15) is 0 Å². The highest BCUT2D eigenvalue weighted by atomic mass is 16.4. The van der Waals surface area contributed by atoms with Crippen LogP contribution < -0.4 is 0 Å². The fourth-order valence-corrected chi connectivity index (χ4v) is 3.82. The Morgan fingerprint density at radius 1 is 1.04 bits per heavy atom. The molecule has 0 bridgehead atoms. The maximum atomic E-state index is 11.4. The summed E-state index contributed by atoms with van der Waals surface area (Å²) >= 11 is 0. The van der Waals surface area contributed by atoms with E-state index in [0.29, 0.717) is 11.5 Å². The maximum absolute atomic E-state index is 11.4. The number of aromatic carboxylic acids is 1. The number of carboxylic acid groups (broad SMARTS) is 1. The summed E-state index contributed by atoms with van der Waals surface area (Å²) in [6, 6.07) is 15.7. The first-order valence-electron chi connectivity index (χ1n) is 8.72. The molecule has 2 nitrogen and oxygen atoms in total. The molecule has 0 heterocycles. The second kappa shape index (κ2) is 7.48. The molecule has 2 heteroatoms. The SMILES string of the molecule is C=CCC1CCC(c2ccc(-c3ccccc3C(=O)O)cc2)CC1. The number of hydrogen-bond donors (Lipinski definition) is 1. The van der Waals surface area contributed by atoms with Crippen molar-refractivity contribution in [1.29, 1.82) is 0 Å². The smallest absolute Gasteiger partial charge is 0.336 e. The molecule has 0 aromatic heterocycles. The normalized spacial score (nSPS) is 20.5. The second-order valence-electron chi connectivity index (χ2n) is 6.71. The van der Waals surface area contributed by atoms with Gasteiger partial charge in [0.1, 0.15) is 0 Å². The average Bonchev–Trinajstić information content (AvgIpc) is 2.63. The molecule has 0 atom stereocenters. The second-order valence-corrected chi connectivity index (χ2v) is 6.71. The van der Waals surface area contributed by atoms with E-state index in [1.165, 1.54) is 31.2 Å². The maximum Gasteiger partial charge on any atom is 0.336 e. The molecule has 3 rings (SSSR count). The predicted molar refractivity (Wildman–Crippen MR) is 98.4 cm³/mol. The zero-order valence-electron chi connectivity index (χ0n) is 13.9. The lowest BCUT2D eigenvalue weighted by Crippen LogP contribution is -2.12. The van der Waals surface area contributed by atoms with Crippen molar-refractivity contribution >= 4 is 5.97 Å². The van der Waals surface area contributed by atoms with Gasteiger partial charge in [-0.1, -0.05) is 48.5 Å². The van der Waals surface area contributed by atoms with Crippen molar-refractivity contribution in [2.75, 3.05) is 0 Å². The number of carbonyl (C=O) groups is 1. The third-order valence-corrected chi connectivity index (χ3v) is 5.20. The average molecular weight is 320 g/mol. The van der Waals surface area contributed by atoms with E-state index in [2.05, 4.69) is 30.8 Å². The van der Waals surface area contributed by atoms with Crippen LogP contribution in [0.5, 0.6) is 0 Å². The van der Waals surface area contributed by atoms with Crippen LogP contribution in [0.4, 0.5) is 0 Å². The molecule has 24 heavy (non-hydrogen) atoms. The van der Waals surface area contributed by atoms with E-state index in [1.807, 2.05) is 18.2 Å². The minimum atomic E-state index is -0.879. The molecule has 0 spiro atoms. The lowest BCUT2D eigenvalue weighted by molar-refractivity contribution is 0.0697. The van der Waals surface area contributed by atoms with Gasteiger partial charge in [-0.15, -0.1) is 6.58 Å². The molecule has 2 aromatic rings. The van der Waals surface area contributed by atoms with Gasteiger partial charge in [0.2, 0.25) is 0 Å². The molecule has 1 saturated carbocycles. The molecule has 1 aliphatic rings. The van der Waals surface area contributed by atoms with Crippen molar-refractivity contribution in [2.45, 2.75) is 38.0 Å². The van der Waals surface area contributed by atoms with Crippen LogP contribution in [0.15, 0.2) is 61.2 Å². The van der Waals surface area contributed by atoms with Gasteiger partial charge in [0, 0.05) is 0 Å². The van der Waals surface area contributed by atoms with Gasteiger partial charge < -0.3 is 5.11 Å². The number of hydrogen-bond acceptors (Lipinski definition) is 1. The number of carboxylic acids is 1. The van der Waals surface area contributed by atoms with E-state index in [-0.39, 0.29) is 0 Å². The summed E-state index contributed by atoms with van der Waals surface area (Å²) in [6.45, 7) is 3.85. The van der Waals surface area contributed by atoms with E-state index in [0.717, 1.165) is 23.5 Å². The minimum Gasteiger partial charge on any atom is -0.478 e. The molecular weight excluding hydrogens is 296 g/mol. The summed E-state index contributed by atoms with van der Waals surface area (Å²) < 4.78 is 0. The summed E-state index contributed by atoms with van der Waals surface area (Å²) in [5.74, 6) is 0.561. The molecule has 0 amide bonds. The minimum absolute atomic E-state index is 0.357. The molecule has 2 aromatic carbocycles. The Hall–Kier alpha value is -2.35. The molecule has 1 N–H and O–H groups in total. The van der Waals surface area contributed by atoms with Crippen LogP contribution in [0.1, 0.15) is 53.9 Å². The first kappa shape index (κ1) is 16.5. The van der Waals surface area contributed by atoms with Gasteiger partial charge in [-0.25, -0.2) is 4.79 Å². The number of benzene rings is 2. The molecule has 0 radical (unpaired) electrons. The van der Waals surface area contributed by atoms with Gasteiger partial charge >= 0.3 is 5.97 Å². The van der Waals surface area contributed by atoms with Crippen molar-refractivity contribution in [1.82, 2.24) is 0 Å². The molecule has 0 aliphatic heterocycles. The highest BCUT2D eigenvalue weighted by molar-refractivity contribution is 5.95. The Morgan fingerprint density at radius 2 is 1.71 bits per heavy atom. The first-order chi connectivity index (χ1) is 11.7. The summed E-state index contributed by atoms with van der Waals surface area (Å²) in [4.78, 5) is 11.4. The predicted octanol–water partition coefficient (Wildman–Crippen LogP) is 5.90. The van der Waals surface area contributed by atoms with Crippen LogP contribution in [0.25, 0.3) is 11.1 Å². The molecular formula is C22H24O2. The fourth-order valence-electron chi connectivity index (χ4n) is 3.82. The highest BCUT2D eigenvalue weighted by Gasteiger charge is 2.21. The highest BCUT2D eigenvalue weighted by Crippen LogP contribution is 2.37. The molecule has 1 fully saturated rings. The van der Waals surface area contributed by atoms with Crippen molar-refractivity contribution < 1.29 is 9.90 Å². The van der Waals surface area contributed by atoms with Crippen LogP contribution in [0.3, 0.4) is 0 Å². The summed E-state index contributed by atoms with van der Waals surface area (Å²) in [5.41, 5.74) is 3.49. The topological polar surface area (TPSA) is 37.3 Å². The standard InChI is InChI=1S/C22H24O2/c1-2-5-16-8-10-17(11-9-16)18-12-14-19(15-13-18)20-6-3-4-7-21(20)22(23)24/h2-4,6-7,12-17H,1,5,8-11H2,(H,23,24). The van der Waals surface area contributed by atoms with E-state index in [4.69, 9.17) is 0 Å². The lowest BCUT2D eigenvalue weighted by atomic mass is 9.77. The van der Waals surface area contributed by atoms with Gasteiger partial charge in [0.15, 0.2) is 0 Å². The van der Waals surface area contributed by atoms with Crippen LogP contribution in [-0.4, -0.2) is 11.1 Å². The zero-order chi connectivity index (χ0) is 16.9. The van der Waals surface area contributed by atoms with Gasteiger partial charge in [-0.05, 0) is 66.7 Å². The van der Waals surface area contributed by atoms with Crippen molar-refractivity contribution in [3.8, 4) is 11.1 Å². The lowest BCUT2D eigenvalue weighted by Gasteiger charge is -2.28. The Labute approximate surface area is 143 Å². The molecule has 0 unspecified atom stereocenters. The van der Waals surface area contributed by atoms with Crippen molar-refractivity contribution in [3.63, 3.8) is 0 Å². The Bertz CT molecular complexity index is 707. The van der Waals surface area contributed by atoms with Gasteiger partial charge in [-0.3, -0.25) is 0 Å². The Morgan fingerprint density at radius 3 is 2.33 bits per heavy atom. The monoisotopic (exact) mass is 320 g/mol. The largest absolute Gasteiger partial charge is 0.478 e. The van der Waals surface area contributed by atoms with Crippen LogP contribution in [0.2, 0.25) is 0 Å². The van der Waals surface area contributed by atoms with Crippen LogP contribution in [0, 0.1) is 5.92 Å². The van der Waals surface area contributed by atoms with E-state index in [9.17, 15) is 9.90 Å². The summed E-state index contributed by atoms with van der Waals surface area (Å²) in [7, 11) is 0. The third-order valence-electron chi connectivity index (χ3n) is 5.20. The third kappa shape index (κ3) is 3.59.